The maximum Gasteiger partial charge on any atom is 0.274 e. The summed E-state index contributed by atoms with van der Waals surface area (Å²) in [4.78, 5) is 18.1. The van der Waals surface area contributed by atoms with Crippen LogP contribution in [0.1, 0.15) is 16.9 Å². The molecule has 2 fully saturated rings. The van der Waals surface area contributed by atoms with Crippen LogP contribution >= 0.6 is 0 Å². The van der Waals surface area contributed by atoms with E-state index in [1.54, 1.807) is 12.5 Å². The Kier molecular flexibility index (Phi) is 2.21. The summed E-state index contributed by atoms with van der Waals surface area (Å²) in [5.41, 5.74) is 0.558. The Bertz CT molecular complexity index is 402. The van der Waals surface area contributed by atoms with E-state index in [1.165, 1.54) is 6.42 Å². The zero-order chi connectivity index (χ0) is 11.1. The van der Waals surface area contributed by atoms with Crippen molar-refractivity contribution in [1.82, 2.24) is 19.8 Å². The standard InChI is InChI=1S/C11H16N4O/c1-14-5-10(13-7-14)11(16)15-4-8-2-3-12-9(8)6-15/h5,7-9,12H,2-4,6H2,1H3/t8-,9+/m0/s1. The third kappa shape index (κ3) is 1.51. The number of amides is 1. The summed E-state index contributed by atoms with van der Waals surface area (Å²) in [6.45, 7) is 2.81. The number of rotatable bonds is 1. The molecule has 3 heterocycles. The molecule has 2 aliphatic heterocycles. The van der Waals surface area contributed by atoms with E-state index in [0.29, 0.717) is 17.7 Å². The van der Waals surface area contributed by atoms with Crippen molar-refractivity contribution in [3.8, 4) is 0 Å². The Labute approximate surface area is 94.4 Å². The average Bonchev–Trinajstić information content (AvgIpc) is 2.89. The Morgan fingerprint density at radius 2 is 2.44 bits per heavy atom. The van der Waals surface area contributed by atoms with Gasteiger partial charge in [-0.3, -0.25) is 4.79 Å². The van der Waals surface area contributed by atoms with Crippen LogP contribution in [0.4, 0.5) is 0 Å². The summed E-state index contributed by atoms with van der Waals surface area (Å²) in [6.07, 6.45) is 4.64. The Hall–Kier alpha value is -1.36. The third-order valence-corrected chi connectivity index (χ3v) is 3.57. The first-order valence-electron chi connectivity index (χ1n) is 5.74. The molecule has 5 nitrogen and oxygen atoms in total. The SMILES string of the molecule is Cn1cnc(C(=O)N2C[C@@H]3CCN[C@@H]3C2)c1. The minimum atomic E-state index is 0.0665. The zero-order valence-electron chi connectivity index (χ0n) is 9.39. The molecule has 3 rings (SSSR count). The van der Waals surface area contributed by atoms with Crippen molar-refractivity contribution in [3.63, 3.8) is 0 Å². The lowest BCUT2D eigenvalue weighted by atomic mass is 10.1. The third-order valence-electron chi connectivity index (χ3n) is 3.57. The molecule has 0 aliphatic carbocycles. The van der Waals surface area contributed by atoms with Crippen molar-refractivity contribution in [2.45, 2.75) is 12.5 Å². The molecule has 2 atom stereocenters. The molecule has 1 N–H and O–H groups in total. The normalized spacial score (nSPS) is 28.4. The van der Waals surface area contributed by atoms with E-state index >= 15 is 0 Å². The highest BCUT2D eigenvalue weighted by atomic mass is 16.2. The quantitative estimate of drug-likeness (QED) is 0.716. The van der Waals surface area contributed by atoms with Crippen LogP contribution in [0.25, 0.3) is 0 Å². The van der Waals surface area contributed by atoms with Crippen LogP contribution in [0.5, 0.6) is 0 Å². The van der Waals surface area contributed by atoms with E-state index in [4.69, 9.17) is 0 Å². The highest BCUT2D eigenvalue weighted by Crippen LogP contribution is 2.25. The molecule has 0 unspecified atom stereocenters. The Balaban J connectivity index is 1.73. The van der Waals surface area contributed by atoms with Crippen molar-refractivity contribution in [1.29, 1.82) is 0 Å². The molecule has 1 amide bonds. The summed E-state index contributed by atoms with van der Waals surface area (Å²) in [7, 11) is 1.88. The highest BCUT2D eigenvalue weighted by Gasteiger charge is 2.38. The van der Waals surface area contributed by atoms with Crippen LogP contribution in [-0.4, -0.2) is 46.0 Å². The fourth-order valence-corrected chi connectivity index (χ4v) is 2.70. The van der Waals surface area contributed by atoms with Gasteiger partial charge in [-0.1, -0.05) is 0 Å². The van der Waals surface area contributed by atoms with Crippen molar-refractivity contribution >= 4 is 5.91 Å². The summed E-state index contributed by atoms with van der Waals surface area (Å²) in [5, 5.41) is 3.44. The van der Waals surface area contributed by atoms with Crippen LogP contribution < -0.4 is 5.32 Å². The van der Waals surface area contributed by atoms with Gasteiger partial charge in [0.15, 0.2) is 0 Å². The van der Waals surface area contributed by atoms with Crippen molar-refractivity contribution in [3.05, 3.63) is 18.2 Å². The number of likely N-dealkylation sites (tertiary alicyclic amines) is 1. The Morgan fingerprint density at radius 3 is 3.12 bits per heavy atom. The fraction of sp³-hybridized carbons (Fsp3) is 0.636. The number of aromatic nitrogens is 2. The lowest BCUT2D eigenvalue weighted by molar-refractivity contribution is 0.0777. The molecular weight excluding hydrogens is 204 g/mol. The van der Waals surface area contributed by atoms with E-state index in [1.807, 2.05) is 16.5 Å². The van der Waals surface area contributed by atoms with E-state index in [0.717, 1.165) is 19.6 Å². The molecule has 0 radical (unpaired) electrons. The minimum absolute atomic E-state index is 0.0665. The van der Waals surface area contributed by atoms with Crippen LogP contribution in [-0.2, 0) is 7.05 Å². The number of hydrogen-bond donors (Lipinski definition) is 1. The van der Waals surface area contributed by atoms with Gasteiger partial charge >= 0.3 is 0 Å². The zero-order valence-corrected chi connectivity index (χ0v) is 9.39. The lowest BCUT2D eigenvalue weighted by Gasteiger charge is -2.15. The smallest absolute Gasteiger partial charge is 0.274 e. The number of carbonyl (C=O) groups is 1. The van der Waals surface area contributed by atoms with Gasteiger partial charge in [0.1, 0.15) is 5.69 Å². The van der Waals surface area contributed by atoms with Gasteiger partial charge in [-0.15, -0.1) is 0 Å². The number of imidazole rings is 1. The van der Waals surface area contributed by atoms with Gasteiger partial charge in [0.25, 0.3) is 5.91 Å². The average molecular weight is 220 g/mol. The molecule has 0 bridgehead atoms. The molecule has 0 saturated carbocycles. The van der Waals surface area contributed by atoms with E-state index < -0.39 is 0 Å². The van der Waals surface area contributed by atoms with Crippen molar-refractivity contribution < 1.29 is 4.79 Å². The van der Waals surface area contributed by atoms with Gasteiger partial charge < -0.3 is 14.8 Å². The molecule has 5 heteroatoms. The summed E-state index contributed by atoms with van der Waals surface area (Å²) in [5.74, 6) is 0.712. The first-order valence-corrected chi connectivity index (χ1v) is 5.74. The van der Waals surface area contributed by atoms with Crippen molar-refractivity contribution in [2.24, 2.45) is 13.0 Å². The number of nitrogens with one attached hydrogen (secondary N) is 1. The van der Waals surface area contributed by atoms with Crippen LogP contribution in [0.15, 0.2) is 12.5 Å². The monoisotopic (exact) mass is 220 g/mol. The number of fused-ring (bicyclic) bond motifs is 1. The van der Waals surface area contributed by atoms with Crippen LogP contribution in [0.3, 0.4) is 0 Å². The first kappa shape index (κ1) is 9.84. The first-order chi connectivity index (χ1) is 7.74. The van der Waals surface area contributed by atoms with Gasteiger partial charge in [0.05, 0.1) is 6.33 Å². The number of hydrogen-bond acceptors (Lipinski definition) is 3. The van der Waals surface area contributed by atoms with E-state index in [2.05, 4.69) is 10.3 Å². The molecule has 0 spiro atoms. The predicted molar refractivity (Wildman–Crippen MR) is 59.0 cm³/mol. The van der Waals surface area contributed by atoms with Crippen LogP contribution in [0.2, 0.25) is 0 Å². The topological polar surface area (TPSA) is 50.2 Å². The fourth-order valence-electron chi connectivity index (χ4n) is 2.70. The van der Waals surface area contributed by atoms with Gasteiger partial charge in [0, 0.05) is 32.4 Å². The maximum atomic E-state index is 12.1. The van der Waals surface area contributed by atoms with E-state index in [9.17, 15) is 4.79 Å². The predicted octanol–water partition coefficient (Wildman–Crippen LogP) is -0.146. The molecule has 16 heavy (non-hydrogen) atoms. The van der Waals surface area contributed by atoms with Crippen molar-refractivity contribution in [2.75, 3.05) is 19.6 Å². The molecule has 2 saturated heterocycles. The molecule has 1 aromatic heterocycles. The number of nitrogens with zero attached hydrogens (tertiary/aromatic N) is 3. The number of aryl methyl sites for hydroxylation is 1. The van der Waals surface area contributed by atoms with Gasteiger partial charge in [-0.2, -0.15) is 0 Å². The summed E-state index contributed by atoms with van der Waals surface area (Å²) < 4.78 is 1.81. The number of carbonyl (C=O) groups excluding carboxylic acids is 1. The summed E-state index contributed by atoms with van der Waals surface area (Å²) >= 11 is 0. The highest BCUT2D eigenvalue weighted by molar-refractivity contribution is 5.92. The van der Waals surface area contributed by atoms with Gasteiger partial charge in [-0.25, -0.2) is 4.98 Å². The second-order valence-electron chi connectivity index (χ2n) is 4.74. The second-order valence-corrected chi connectivity index (χ2v) is 4.74. The van der Waals surface area contributed by atoms with Crippen LogP contribution in [0, 0.1) is 5.92 Å². The molecule has 1 aromatic rings. The molecule has 2 aliphatic rings. The second kappa shape index (κ2) is 3.59. The molecule has 0 aromatic carbocycles. The molecule has 86 valence electrons. The minimum Gasteiger partial charge on any atom is -0.340 e. The largest absolute Gasteiger partial charge is 0.340 e. The Morgan fingerprint density at radius 1 is 1.56 bits per heavy atom. The molecular formula is C11H16N4O. The summed E-state index contributed by atoms with van der Waals surface area (Å²) in [6, 6.07) is 0.507. The van der Waals surface area contributed by atoms with E-state index in [-0.39, 0.29) is 5.91 Å². The lowest BCUT2D eigenvalue weighted by Crippen LogP contribution is -2.34. The maximum absolute atomic E-state index is 12.1. The van der Waals surface area contributed by atoms with Gasteiger partial charge in [0.2, 0.25) is 0 Å². The van der Waals surface area contributed by atoms with Gasteiger partial charge in [-0.05, 0) is 18.9 Å².